The van der Waals surface area contributed by atoms with Crippen LogP contribution in [0.4, 0.5) is 10.1 Å². The Morgan fingerprint density at radius 1 is 1.33 bits per heavy atom. The second-order valence-corrected chi connectivity index (χ2v) is 5.73. The predicted molar refractivity (Wildman–Crippen MR) is 87.5 cm³/mol. The molecule has 2 rings (SSSR count). The molecule has 0 saturated heterocycles. The molecule has 0 amide bonds. The molecule has 1 unspecified atom stereocenters. The average Bonchev–Trinajstić information content (AvgIpc) is 2.46. The van der Waals surface area contributed by atoms with Gasteiger partial charge in [-0.25, -0.2) is 4.39 Å². The Morgan fingerprint density at radius 3 is 2.81 bits per heavy atom. The first-order valence-corrected chi connectivity index (χ1v) is 7.68. The Bertz CT molecular complexity index is 630. The van der Waals surface area contributed by atoms with Gasteiger partial charge in [-0.2, -0.15) is 0 Å². The fraction of sp³-hybridized carbons (Fsp3) is 0.176. The molecule has 2 aromatic rings. The topological polar surface area (TPSA) is 32.3 Å². The molecule has 110 valence electrons. The van der Waals surface area contributed by atoms with Crippen molar-refractivity contribution in [1.29, 1.82) is 0 Å². The van der Waals surface area contributed by atoms with Gasteiger partial charge in [-0.1, -0.05) is 24.3 Å². The van der Waals surface area contributed by atoms with Crippen LogP contribution >= 0.6 is 11.8 Å². The largest absolute Gasteiger partial charge is 0.508 e. The van der Waals surface area contributed by atoms with E-state index in [1.165, 1.54) is 6.07 Å². The zero-order valence-electron chi connectivity index (χ0n) is 11.8. The maximum Gasteiger partial charge on any atom is 0.132 e. The first kappa shape index (κ1) is 15.4. The smallest absolute Gasteiger partial charge is 0.132 e. The number of anilines is 1. The summed E-state index contributed by atoms with van der Waals surface area (Å²) in [5, 5.41) is 12.6. The monoisotopic (exact) mass is 303 g/mol. The van der Waals surface area contributed by atoms with E-state index >= 15 is 0 Å². The summed E-state index contributed by atoms with van der Waals surface area (Å²) in [4.78, 5) is 1.10. The molecule has 0 fully saturated rings. The number of rotatable bonds is 6. The lowest BCUT2D eigenvalue weighted by Crippen LogP contribution is -2.09. The molecule has 2 nitrogen and oxygen atoms in total. The molecule has 0 heterocycles. The third kappa shape index (κ3) is 4.02. The number of para-hydroxylation sites is 1. The van der Waals surface area contributed by atoms with Crippen LogP contribution in [0.3, 0.4) is 0 Å². The third-order valence-electron chi connectivity index (χ3n) is 3.07. The summed E-state index contributed by atoms with van der Waals surface area (Å²) < 4.78 is 13.9. The molecule has 0 saturated carbocycles. The van der Waals surface area contributed by atoms with Crippen LogP contribution in [0.5, 0.6) is 5.75 Å². The molecule has 0 radical (unpaired) electrons. The van der Waals surface area contributed by atoms with Crippen LogP contribution in [0.1, 0.15) is 18.5 Å². The number of halogens is 1. The first-order valence-electron chi connectivity index (χ1n) is 6.69. The number of nitrogens with one attached hydrogen (secondary N) is 1. The zero-order valence-corrected chi connectivity index (χ0v) is 12.7. The van der Waals surface area contributed by atoms with E-state index in [-0.39, 0.29) is 11.8 Å². The summed E-state index contributed by atoms with van der Waals surface area (Å²) in [5.74, 6) is 0.345. The second-order valence-electron chi connectivity index (χ2n) is 4.67. The molecule has 0 spiro atoms. The molecular formula is C17H18FNOS. The van der Waals surface area contributed by atoms with Crippen molar-refractivity contribution in [1.82, 2.24) is 0 Å². The van der Waals surface area contributed by atoms with E-state index in [0.717, 1.165) is 22.4 Å². The van der Waals surface area contributed by atoms with Gasteiger partial charge in [0.25, 0.3) is 0 Å². The van der Waals surface area contributed by atoms with Crippen molar-refractivity contribution in [3.8, 4) is 5.75 Å². The van der Waals surface area contributed by atoms with Gasteiger partial charge in [-0.05, 0) is 25.1 Å². The van der Waals surface area contributed by atoms with Crippen molar-refractivity contribution in [2.24, 2.45) is 0 Å². The lowest BCUT2D eigenvalue weighted by atomic mass is 10.1. The fourth-order valence-electron chi connectivity index (χ4n) is 2.04. The highest BCUT2D eigenvalue weighted by Crippen LogP contribution is 2.31. The Balaban J connectivity index is 2.19. The van der Waals surface area contributed by atoms with Crippen molar-refractivity contribution in [3.63, 3.8) is 0 Å². The molecule has 0 aliphatic heterocycles. The number of phenolic OH excluding ortho intramolecular Hbond substituents is 1. The van der Waals surface area contributed by atoms with Gasteiger partial charge < -0.3 is 10.4 Å². The minimum absolute atomic E-state index is 0.0645. The molecule has 2 aromatic carbocycles. The van der Waals surface area contributed by atoms with Crippen LogP contribution in [0.25, 0.3) is 0 Å². The highest BCUT2D eigenvalue weighted by molar-refractivity contribution is 7.99. The van der Waals surface area contributed by atoms with Gasteiger partial charge in [0.1, 0.15) is 11.6 Å². The summed E-state index contributed by atoms with van der Waals surface area (Å²) in [6.45, 7) is 5.61. The molecule has 0 aromatic heterocycles. The summed E-state index contributed by atoms with van der Waals surface area (Å²) in [6, 6.07) is 11.9. The van der Waals surface area contributed by atoms with Gasteiger partial charge in [0, 0.05) is 28.0 Å². The number of hydrogen-bond donors (Lipinski definition) is 2. The molecule has 0 aliphatic rings. The number of thioether (sulfide) groups is 1. The van der Waals surface area contributed by atoms with Crippen LogP contribution in [0.15, 0.2) is 60.0 Å². The highest BCUT2D eigenvalue weighted by Gasteiger charge is 2.13. The summed E-state index contributed by atoms with van der Waals surface area (Å²) >= 11 is 1.68. The van der Waals surface area contributed by atoms with Crippen molar-refractivity contribution in [2.45, 2.75) is 17.9 Å². The quantitative estimate of drug-likeness (QED) is 0.583. The molecule has 2 N–H and O–H groups in total. The maximum absolute atomic E-state index is 13.9. The summed E-state index contributed by atoms with van der Waals surface area (Å²) in [6.07, 6.45) is 1.85. The van der Waals surface area contributed by atoms with E-state index < -0.39 is 5.82 Å². The van der Waals surface area contributed by atoms with Gasteiger partial charge in [-0.3, -0.25) is 0 Å². The standard InChI is InChI=1S/C17H18FNOS/c1-3-10-21-17-7-5-4-6-16(17)19-12(2)14-9-8-13(20)11-15(14)18/h3-9,11-12,19-20H,1,10H2,2H3. The van der Waals surface area contributed by atoms with Crippen molar-refractivity contribution >= 4 is 17.4 Å². The molecule has 0 aliphatic carbocycles. The van der Waals surface area contributed by atoms with Crippen LogP contribution in [0, 0.1) is 5.82 Å². The van der Waals surface area contributed by atoms with Gasteiger partial charge in [0.05, 0.1) is 6.04 Å². The lowest BCUT2D eigenvalue weighted by Gasteiger charge is -2.18. The van der Waals surface area contributed by atoms with E-state index in [9.17, 15) is 9.50 Å². The van der Waals surface area contributed by atoms with Crippen LogP contribution in [-0.4, -0.2) is 10.9 Å². The Hall–Kier alpha value is -1.94. The Morgan fingerprint density at radius 2 is 2.10 bits per heavy atom. The van der Waals surface area contributed by atoms with Gasteiger partial charge in [0.2, 0.25) is 0 Å². The van der Waals surface area contributed by atoms with Crippen LogP contribution in [-0.2, 0) is 0 Å². The van der Waals surface area contributed by atoms with E-state index in [2.05, 4.69) is 11.9 Å². The molecule has 0 bridgehead atoms. The Labute approximate surface area is 128 Å². The van der Waals surface area contributed by atoms with E-state index in [1.807, 2.05) is 37.3 Å². The highest BCUT2D eigenvalue weighted by atomic mass is 32.2. The minimum Gasteiger partial charge on any atom is -0.508 e. The molecule has 4 heteroatoms. The maximum atomic E-state index is 13.9. The van der Waals surface area contributed by atoms with Crippen LogP contribution < -0.4 is 5.32 Å². The zero-order chi connectivity index (χ0) is 15.2. The van der Waals surface area contributed by atoms with Crippen molar-refractivity contribution in [3.05, 3.63) is 66.5 Å². The third-order valence-corrected chi connectivity index (χ3v) is 4.14. The van der Waals surface area contributed by atoms with Gasteiger partial charge in [0.15, 0.2) is 0 Å². The van der Waals surface area contributed by atoms with E-state index in [0.29, 0.717) is 5.56 Å². The number of hydrogen-bond acceptors (Lipinski definition) is 3. The van der Waals surface area contributed by atoms with E-state index in [4.69, 9.17) is 0 Å². The van der Waals surface area contributed by atoms with Crippen LogP contribution in [0.2, 0.25) is 0 Å². The second kappa shape index (κ2) is 7.18. The van der Waals surface area contributed by atoms with Crippen molar-refractivity contribution in [2.75, 3.05) is 11.1 Å². The van der Waals surface area contributed by atoms with Gasteiger partial charge in [-0.15, -0.1) is 18.3 Å². The SMILES string of the molecule is C=CCSc1ccccc1NC(C)c1ccc(O)cc1F. The predicted octanol–water partition coefficient (Wildman–Crippen LogP) is 4.98. The van der Waals surface area contributed by atoms with Crippen molar-refractivity contribution < 1.29 is 9.50 Å². The number of phenols is 1. The number of aromatic hydroxyl groups is 1. The lowest BCUT2D eigenvalue weighted by molar-refractivity contribution is 0.467. The number of benzene rings is 2. The van der Waals surface area contributed by atoms with E-state index in [1.54, 1.807) is 17.8 Å². The minimum atomic E-state index is -0.411. The fourth-order valence-corrected chi connectivity index (χ4v) is 2.79. The summed E-state index contributed by atoms with van der Waals surface area (Å²) in [5.41, 5.74) is 1.49. The molecular weight excluding hydrogens is 285 g/mol. The molecule has 1 atom stereocenters. The van der Waals surface area contributed by atoms with Gasteiger partial charge >= 0.3 is 0 Å². The molecule has 21 heavy (non-hydrogen) atoms. The Kier molecular flexibility index (Phi) is 5.28. The first-order chi connectivity index (χ1) is 10.1. The average molecular weight is 303 g/mol. The normalized spacial score (nSPS) is 11.9. The summed E-state index contributed by atoms with van der Waals surface area (Å²) in [7, 11) is 0.